The molecule has 0 saturated heterocycles. The van der Waals surface area contributed by atoms with Crippen LogP contribution in [0.1, 0.15) is 28.8 Å². The Kier molecular flexibility index (Phi) is 6.80. The molecule has 0 bridgehead atoms. The van der Waals surface area contributed by atoms with Crippen molar-refractivity contribution >= 4 is 28.4 Å². The summed E-state index contributed by atoms with van der Waals surface area (Å²) >= 11 is 0. The zero-order chi connectivity index (χ0) is 15.5. The molecule has 1 aliphatic rings. The van der Waals surface area contributed by atoms with Crippen molar-refractivity contribution in [3.05, 3.63) is 35.4 Å². The van der Waals surface area contributed by atoms with Gasteiger partial charge < -0.3 is 10.5 Å². The molecule has 8 heteroatoms. The Morgan fingerprint density at radius 3 is 2.64 bits per heavy atom. The van der Waals surface area contributed by atoms with Gasteiger partial charge in [-0.15, -0.1) is 12.4 Å². The van der Waals surface area contributed by atoms with E-state index in [1.54, 1.807) is 24.3 Å². The van der Waals surface area contributed by atoms with Crippen LogP contribution in [0.15, 0.2) is 24.3 Å². The first-order valence-electron chi connectivity index (χ1n) is 6.82. The number of sulfonamides is 1. The monoisotopic (exact) mass is 348 g/mol. The van der Waals surface area contributed by atoms with Gasteiger partial charge in [0.15, 0.2) is 0 Å². The van der Waals surface area contributed by atoms with E-state index in [4.69, 9.17) is 5.73 Å². The van der Waals surface area contributed by atoms with E-state index >= 15 is 0 Å². The number of benzene rings is 1. The highest BCUT2D eigenvalue weighted by Gasteiger charge is 2.29. The fourth-order valence-electron chi connectivity index (χ4n) is 2.13. The Labute approximate surface area is 136 Å². The maximum atomic E-state index is 12.1. The van der Waals surface area contributed by atoms with Crippen LogP contribution in [0, 0.1) is 5.92 Å². The minimum Gasteiger partial charge on any atom is -0.465 e. The number of rotatable bonds is 7. The molecule has 1 saturated carbocycles. The molecular formula is C14H21ClN2O4S. The molecule has 6 nitrogen and oxygen atoms in total. The highest BCUT2D eigenvalue weighted by molar-refractivity contribution is 7.88. The molecular weight excluding hydrogens is 328 g/mol. The van der Waals surface area contributed by atoms with Gasteiger partial charge >= 0.3 is 5.97 Å². The number of carbonyl (C=O) groups excluding carboxylic acids is 1. The third kappa shape index (κ3) is 5.24. The maximum Gasteiger partial charge on any atom is 0.338 e. The first-order chi connectivity index (χ1) is 9.93. The normalized spacial score (nSPS) is 15.7. The van der Waals surface area contributed by atoms with Gasteiger partial charge in [-0.25, -0.2) is 17.9 Å². The van der Waals surface area contributed by atoms with Crippen LogP contribution >= 0.6 is 12.4 Å². The Balaban J connectivity index is 0.00000242. The standard InChI is InChI=1S/C14H20N2O4S.ClH/c1-20-14(17)12-5-3-2-4-11(12)9-21(18,19)16-8-13(15)10-6-7-10;/h2-5,10,13,16H,6-9,15H2,1H3;1H. The highest BCUT2D eigenvalue weighted by atomic mass is 35.5. The molecule has 3 N–H and O–H groups in total. The summed E-state index contributed by atoms with van der Waals surface area (Å²) in [6.07, 6.45) is 2.13. The van der Waals surface area contributed by atoms with Gasteiger partial charge in [0.05, 0.1) is 18.4 Å². The van der Waals surface area contributed by atoms with Gasteiger partial charge in [-0.1, -0.05) is 18.2 Å². The Morgan fingerprint density at radius 1 is 1.41 bits per heavy atom. The Hall–Kier alpha value is -1.15. The molecule has 22 heavy (non-hydrogen) atoms. The van der Waals surface area contributed by atoms with E-state index in [0.29, 0.717) is 11.5 Å². The lowest BCUT2D eigenvalue weighted by Crippen LogP contribution is -2.39. The van der Waals surface area contributed by atoms with Crippen molar-refractivity contribution in [1.29, 1.82) is 0 Å². The van der Waals surface area contributed by atoms with Gasteiger partial charge in [-0.3, -0.25) is 0 Å². The van der Waals surface area contributed by atoms with E-state index in [-0.39, 0.29) is 36.3 Å². The molecule has 0 aliphatic heterocycles. The number of carbonyl (C=O) groups is 1. The third-order valence-corrected chi connectivity index (χ3v) is 4.83. The summed E-state index contributed by atoms with van der Waals surface area (Å²) in [5.74, 6) is -0.388. The number of methoxy groups -OCH3 is 1. The van der Waals surface area contributed by atoms with Gasteiger partial charge in [-0.05, 0) is 30.4 Å². The van der Waals surface area contributed by atoms with Crippen LogP contribution in [0.2, 0.25) is 0 Å². The van der Waals surface area contributed by atoms with E-state index in [2.05, 4.69) is 9.46 Å². The molecule has 124 valence electrons. The van der Waals surface area contributed by atoms with Crippen LogP contribution in [-0.2, 0) is 20.5 Å². The second-order valence-corrected chi connectivity index (χ2v) is 7.06. The van der Waals surface area contributed by atoms with Crippen LogP contribution in [0.25, 0.3) is 0 Å². The van der Waals surface area contributed by atoms with Crippen LogP contribution in [0.4, 0.5) is 0 Å². The van der Waals surface area contributed by atoms with E-state index in [0.717, 1.165) is 12.8 Å². The number of ether oxygens (including phenoxy) is 1. The molecule has 1 aromatic carbocycles. The lowest BCUT2D eigenvalue weighted by atomic mass is 10.1. The first-order valence-corrected chi connectivity index (χ1v) is 8.47. The Morgan fingerprint density at radius 2 is 2.05 bits per heavy atom. The fourth-order valence-corrected chi connectivity index (χ4v) is 3.33. The van der Waals surface area contributed by atoms with Crippen molar-refractivity contribution in [2.75, 3.05) is 13.7 Å². The van der Waals surface area contributed by atoms with Crippen molar-refractivity contribution in [1.82, 2.24) is 4.72 Å². The quantitative estimate of drug-likeness (QED) is 0.718. The summed E-state index contributed by atoms with van der Waals surface area (Å²) in [5.41, 5.74) is 6.55. The summed E-state index contributed by atoms with van der Waals surface area (Å²) < 4.78 is 31.3. The zero-order valence-electron chi connectivity index (χ0n) is 12.3. The summed E-state index contributed by atoms with van der Waals surface area (Å²) in [5, 5.41) is 0. The predicted octanol–water partition coefficient (Wildman–Crippen LogP) is 1.05. The average Bonchev–Trinajstić information content (AvgIpc) is 3.29. The number of nitrogens with one attached hydrogen (secondary N) is 1. The smallest absolute Gasteiger partial charge is 0.338 e. The van der Waals surface area contributed by atoms with Crippen molar-refractivity contribution in [3.63, 3.8) is 0 Å². The topological polar surface area (TPSA) is 98.5 Å². The SMILES string of the molecule is COC(=O)c1ccccc1CS(=O)(=O)NCC(N)C1CC1.Cl. The molecule has 1 unspecified atom stereocenters. The maximum absolute atomic E-state index is 12.1. The van der Waals surface area contributed by atoms with Crippen LogP contribution in [0.5, 0.6) is 0 Å². The molecule has 1 fully saturated rings. The molecule has 0 amide bonds. The molecule has 1 atom stereocenters. The van der Waals surface area contributed by atoms with Crippen molar-refractivity contribution in [3.8, 4) is 0 Å². The van der Waals surface area contributed by atoms with Crippen molar-refractivity contribution in [2.24, 2.45) is 11.7 Å². The summed E-state index contributed by atoms with van der Waals surface area (Å²) in [4.78, 5) is 11.6. The Bertz CT molecular complexity index is 617. The van der Waals surface area contributed by atoms with Crippen LogP contribution < -0.4 is 10.5 Å². The van der Waals surface area contributed by atoms with Gasteiger partial charge in [0.2, 0.25) is 10.0 Å². The van der Waals surface area contributed by atoms with E-state index < -0.39 is 16.0 Å². The van der Waals surface area contributed by atoms with Gasteiger partial charge in [0.25, 0.3) is 0 Å². The summed E-state index contributed by atoms with van der Waals surface area (Å²) in [6.45, 7) is 0.230. The van der Waals surface area contributed by atoms with E-state index in [1.807, 2.05) is 0 Å². The van der Waals surface area contributed by atoms with Crippen LogP contribution in [-0.4, -0.2) is 34.1 Å². The number of hydrogen-bond donors (Lipinski definition) is 2. The minimum absolute atomic E-state index is 0. The zero-order valence-corrected chi connectivity index (χ0v) is 14.0. The van der Waals surface area contributed by atoms with E-state index in [1.165, 1.54) is 7.11 Å². The highest BCUT2D eigenvalue weighted by Crippen LogP contribution is 2.31. The molecule has 0 radical (unpaired) electrons. The van der Waals surface area contributed by atoms with Gasteiger partial charge in [0.1, 0.15) is 0 Å². The first kappa shape index (κ1) is 18.9. The second-order valence-electron chi connectivity index (χ2n) is 5.26. The molecule has 0 aromatic heterocycles. The van der Waals surface area contributed by atoms with Crippen LogP contribution in [0.3, 0.4) is 0 Å². The predicted molar refractivity (Wildman–Crippen MR) is 86.4 cm³/mol. The molecule has 1 aliphatic carbocycles. The fraction of sp³-hybridized carbons (Fsp3) is 0.500. The van der Waals surface area contributed by atoms with Gasteiger partial charge in [-0.2, -0.15) is 0 Å². The molecule has 0 heterocycles. The number of nitrogens with two attached hydrogens (primary N) is 1. The van der Waals surface area contributed by atoms with E-state index in [9.17, 15) is 13.2 Å². The largest absolute Gasteiger partial charge is 0.465 e. The number of halogens is 1. The minimum atomic E-state index is -3.54. The summed E-state index contributed by atoms with van der Waals surface area (Å²) in [7, 11) is -2.27. The average molecular weight is 349 g/mol. The summed E-state index contributed by atoms with van der Waals surface area (Å²) in [6, 6.07) is 6.36. The third-order valence-electron chi connectivity index (χ3n) is 3.53. The van der Waals surface area contributed by atoms with Crippen molar-refractivity contribution < 1.29 is 17.9 Å². The van der Waals surface area contributed by atoms with Crippen molar-refractivity contribution in [2.45, 2.75) is 24.6 Å². The second kappa shape index (κ2) is 7.92. The number of esters is 1. The molecule has 0 spiro atoms. The number of hydrogen-bond acceptors (Lipinski definition) is 5. The lowest BCUT2D eigenvalue weighted by Gasteiger charge is -2.13. The lowest BCUT2D eigenvalue weighted by molar-refractivity contribution is 0.0600. The molecule has 1 aromatic rings. The van der Waals surface area contributed by atoms with Gasteiger partial charge in [0, 0.05) is 12.6 Å². The molecule has 2 rings (SSSR count).